The Balaban J connectivity index is 0.000000181. The molecule has 0 aromatic heterocycles. The molecule has 3 heteroatoms. The van der Waals surface area contributed by atoms with Crippen LogP contribution in [0.3, 0.4) is 0 Å². The number of rotatable bonds is 0. The van der Waals surface area contributed by atoms with Crippen LogP contribution in [0.15, 0.2) is 60.7 Å². The summed E-state index contributed by atoms with van der Waals surface area (Å²) in [5.74, 6) is 0. The molecular weight excluding hydrogens is 225 g/mol. The van der Waals surface area contributed by atoms with Crippen LogP contribution in [-0.2, 0) is 6.18 Å². The van der Waals surface area contributed by atoms with Crippen LogP contribution >= 0.6 is 0 Å². The summed E-state index contributed by atoms with van der Waals surface area (Å²) in [7, 11) is 0. The Bertz CT molecular complexity index is 418. The van der Waals surface area contributed by atoms with E-state index in [2.05, 4.69) is 19.1 Å². The van der Waals surface area contributed by atoms with Gasteiger partial charge in [-0.2, -0.15) is 13.2 Å². The molecule has 0 aliphatic heterocycles. The van der Waals surface area contributed by atoms with Gasteiger partial charge in [-0.25, -0.2) is 0 Å². The second kappa shape index (κ2) is 6.09. The van der Waals surface area contributed by atoms with Crippen molar-refractivity contribution in [1.82, 2.24) is 0 Å². The van der Waals surface area contributed by atoms with Crippen molar-refractivity contribution in [3.05, 3.63) is 71.8 Å². The predicted molar refractivity (Wildman–Crippen MR) is 62.6 cm³/mol. The highest BCUT2D eigenvalue weighted by Crippen LogP contribution is 2.28. The van der Waals surface area contributed by atoms with E-state index in [0.29, 0.717) is 0 Å². The molecule has 0 aliphatic carbocycles. The third kappa shape index (κ3) is 5.20. The Morgan fingerprint density at radius 2 is 1.12 bits per heavy atom. The summed E-state index contributed by atoms with van der Waals surface area (Å²) < 4.78 is 35.4. The lowest BCUT2D eigenvalue weighted by atomic mass is 10.2. The molecule has 2 aromatic rings. The van der Waals surface area contributed by atoms with E-state index in [1.807, 2.05) is 18.2 Å². The third-order valence-electron chi connectivity index (χ3n) is 2.04. The molecule has 0 heterocycles. The van der Waals surface area contributed by atoms with Gasteiger partial charge in [0.2, 0.25) is 0 Å². The lowest BCUT2D eigenvalue weighted by Gasteiger charge is -2.03. The van der Waals surface area contributed by atoms with Gasteiger partial charge >= 0.3 is 6.18 Å². The fourth-order valence-electron chi connectivity index (χ4n) is 1.16. The molecular formula is C14H13F3. The van der Waals surface area contributed by atoms with Crippen LogP contribution in [0.1, 0.15) is 11.1 Å². The Kier molecular flexibility index (Phi) is 4.76. The van der Waals surface area contributed by atoms with E-state index in [9.17, 15) is 13.2 Å². The van der Waals surface area contributed by atoms with Crippen molar-refractivity contribution in [3.8, 4) is 0 Å². The molecule has 0 nitrogen and oxygen atoms in total. The van der Waals surface area contributed by atoms with E-state index in [0.717, 1.165) is 12.1 Å². The van der Waals surface area contributed by atoms with E-state index < -0.39 is 11.7 Å². The third-order valence-corrected chi connectivity index (χ3v) is 2.04. The van der Waals surface area contributed by atoms with Gasteiger partial charge in [-0.05, 0) is 6.92 Å². The molecule has 90 valence electrons. The largest absolute Gasteiger partial charge is 0.416 e. The minimum atomic E-state index is -4.21. The topological polar surface area (TPSA) is 0 Å². The van der Waals surface area contributed by atoms with Crippen molar-refractivity contribution in [1.29, 1.82) is 0 Å². The summed E-state index contributed by atoms with van der Waals surface area (Å²) in [6, 6.07) is 16.6. The SMILES string of the molecule is Cc1ccccc1.FC(F)(F)c1ccccc1. The van der Waals surface area contributed by atoms with Crippen molar-refractivity contribution in [2.45, 2.75) is 13.1 Å². The van der Waals surface area contributed by atoms with Gasteiger partial charge in [-0.1, -0.05) is 66.2 Å². The number of alkyl halides is 3. The molecule has 0 fully saturated rings. The molecule has 0 aliphatic rings. The minimum Gasteiger partial charge on any atom is -0.166 e. The van der Waals surface area contributed by atoms with Gasteiger partial charge in [0.15, 0.2) is 0 Å². The highest BCUT2D eigenvalue weighted by molar-refractivity contribution is 5.17. The van der Waals surface area contributed by atoms with Gasteiger partial charge in [-0.15, -0.1) is 0 Å². The van der Waals surface area contributed by atoms with Crippen LogP contribution in [0.5, 0.6) is 0 Å². The maximum Gasteiger partial charge on any atom is 0.416 e. The van der Waals surface area contributed by atoms with Crippen LogP contribution in [-0.4, -0.2) is 0 Å². The highest BCUT2D eigenvalue weighted by Gasteiger charge is 2.29. The zero-order valence-electron chi connectivity index (χ0n) is 9.41. The van der Waals surface area contributed by atoms with E-state index in [1.165, 1.54) is 17.7 Å². The van der Waals surface area contributed by atoms with E-state index in [4.69, 9.17) is 0 Å². The number of hydrogen-bond acceptors (Lipinski definition) is 0. The first-order valence-electron chi connectivity index (χ1n) is 5.14. The minimum absolute atomic E-state index is 0.602. The molecule has 0 bridgehead atoms. The Hall–Kier alpha value is -1.77. The van der Waals surface area contributed by atoms with Gasteiger partial charge in [0.1, 0.15) is 0 Å². The first-order chi connectivity index (χ1) is 8.00. The Morgan fingerprint density at radius 3 is 1.35 bits per heavy atom. The van der Waals surface area contributed by atoms with Crippen LogP contribution in [0.4, 0.5) is 13.2 Å². The average molecular weight is 238 g/mol. The summed E-state index contributed by atoms with van der Waals surface area (Å²) >= 11 is 0. The van der Waals surface area contributed by atoms with E-state index in [1.54, 1.807) is 6.07 Å². The average Bonchev–Trinajstić information content (AvgIpc) is 2.31. The molecule has 17 heavy (non-hydrogen) atoms. The molecule has 0 saturated carbocycles. The molecule has 0 saturated heterocycles. The van der Waals surface area contributed by atoms with Crippen LogP contribution in [0.2, 0.25) is 0 Å². The van der Waals surface area contributed by atoms with Gasteiger partial charge < -0.3 is 0 Å². The first-order valence-corrected chi connectivity index (χ1v) is 5.14. The maximum atomic E-state index is 11.8. The van der Waals surface area contributed by atoms with Crippen LogP contribution in [0, 0.1) is 6.92 Å². The fourth-order valence-corrected chi connectivity index (χ4v) is 1.16. The zero-order chi connectivity index (χ0) is 12.7. The van der Waals surface area contributed by atoms with Gasteiger partial charge in [-0.3, -0.25) is 0 Å². The van der Waals surface area contributed by atoms with Gasteiger partial charge in [0.25, 0.3) is 0 Å². The lowest BCUT2D eigenvalue weighted by Crippen LogP contribution is -2.03. The summed E-state index contributed by atoms with van der Waals surface area (Å²) in [5.41, 5.74) is 0.720. The molecule has 0 atom stereocenters. The Labute approximate surface area is 98.7 Å². The normalized spacial score (nSPS) is 10.4. The van der Waals surface area contributed by atoms with Crippen molar-refractivity contribution >= 4 is 0 Å². The van der Waals surface area contributed by atoms with Crippen LogP contribution < -0.4 is 0 Å². The van der Waals surface area contributed by atoms with Crippen molar-refractivity contribution in [2.24, 2.45) is 0 Å². The first kappa shape index (κ1) is 13.3. The van der Waals surface area contributed by atoms with Gasteiger partial charge in [0, 0.05) is 0 Å². The van der Waals surface area contributed by atoms with E-state index >= 15 is 0 Å². The summed E-state index contributed by atoms with van der Waals surface area (Å²) in [5, 5.41) is 0. The van der Waals surface area contributed by atoms with Crippen LogP contribution in [0.25, 0.3) is 0 Å². The number of benzene rings is 2. The standard InChI is InChI=1S/C7H5F3.C7H8/c8-7(9,10)6-4-2-1-3-5-6;1-7-5-3-2-4-6-7/h1-5H;2-6H,1H3. The summed E-state index contributed by atoms with van der Waals surface area (Å²) in [6.45, 7) is 2.08. The van der Waals surface area contributed by atoms with Crippen molar-refractivity contribution in [2.75, 3.05) is 0 Å². The molecule has 2 rings (SSSR count). The maximum absolute atomic E-state index is 11.8. The van der Waals surface area contributed by atoms with Crippen molar-refractivity contribution < 1.29 is 13.2 Å². The molecule has 0 unspecified atom stereocenters. The predicted octanol–water partition coefficient (Wildman–Crippen LogP) is 4.70. The molecule has 0 spiro atoms. The Morgan fingerprint density at radius 1 is 0.706 bits per heavy atom. The molecule has 0 N–H and O–H groups in total. The number of halogens is 3. The smallest absolute Gasteiger partial charge is 0.166 e. The zero-order valence-corrected chi connectivity index (χ0v) is 9.41. The number of aryl methyl sites for hydroxylation is 1. The molecule has 0 radical (unpaired) electrons. The second-order valence-corrected chi connectivity index (χ2v) is 3.52. The van der Waals surface area contributed by atoms with Crippen molar-refractivity contribution in [3.63, 3.8) is 0 Å². The summed E-state index contributed by atoms with van der Waals surface area (Å²) in [4.78, 5) is 0. The number of hydrogen-bond donors (Lipinski definition) is 0. The molecule has 0 amide bonds. The quantitative estimate of drug-likeness (QED) is 0.624. The monoisotopic (exact) mass is 238 g/mol. The molecule has 2 aromatic carbocycles. The fraction of sp³-hybridized carbons (Fsp3) is 0.143. The lowest BCUT2D eigenvalue weighted by molar-refractivity contribution is -0.137. The van der Waals surface area contributed by atoms with Gasteiger partial charge in [0.05, 0.1) is 5.56 Å². The highest BCUT2D eigenvalue weighted by atomic mass is 19.4. The van der Waals surface area contributed by atoms with E-state index in [-0.39, 0.29) is 0 Å². The second-order valence-electron chi connectivity index (χ2n) is 3.52. The summed E-state index contributed by atoms with van der Waals surface area (Å²) in [6.07, 6.45) is -4.21.